The van der Waals surface area contributed by atoms with Gasteiger partial charge in [-0.1, -0.05) is 29.8 Å². The highest BCUT2D eigenvalue weighted by Gasteiger charge is 2.11. The summed E-state index contributed by atoms with van der Waals surface area (Å²) in [7, 11) is 0. The van der Waals surface area contributed by atoms with Crippen LogP contribution in [0.4, 0.5) is 10.3 Å². The summed E-state index contributed by atoms with van der Waals surface area (Å²) >= 11 is 0. The van der Waals surface area contributed by atoms with Gasteiger partial charge < -0.3 is 10.3 Å². The molecule has 4 heteroatoms. The molecule has 0 spiro atoms. The molecule has 0 saturated carbocycles. The van der Waals surface area contributed by atoms with Gasteiger partial charge in [0.25, 0.3) is 0 Å². The molecule has 1 aromatic heterocycles. The summed E-state index contributed by atoms with van der Waals surface area (Å²) in [6.45, 7) is 4.43. The van der Waals surface area contributed by atoms with Crippen molar-refractivity contribution in [3.63, 3.8) is 0 Å². The van der Waals surface area contributed by atoms with Gasteiger partial charge in [-0.25, -0.2) is 9.37 Å². The van der Waals surface area contributed by atoms with Gasteiger partial charge in [0.15, 0.2) is 0 Å². The van der Waals surface area contributed by atoms with Crippen molar-refractivity contribution in [2.75, 3.05) is 5.73 Å². The van der Waals surface area contributed by atoms with Gasteiger partial charge in [0.2, 0.25) is 5.95 Å². The standard InChI is InChI=1S/C16H16FN3/c1-10-3-5-12(6-4-10)9-20-15-7-11(2)13(17)8-14(15)19-16(20)18/h3-8H,9H2,1-2H3,(H2,18,19). The summed E-state index contributed by atoms with van der Waals surface area (Å²) in [5.41, 5.74) is 10.4. The summed E-state index contributed by atoms with van der Waals surface area (Å²) < 4.78 is 15.5. The average molecular weight is 269 g/mol. The molecule has 102 valence electrons. The van der Waals surface area contributed by atoms with Gasteiger partial charge in [-0.05, 0) is 31.0 Å². The molecule has 0 saturated heterocycles. The number of fused-ring (bicyclic) bond motifs is 1. The molecule has 0 radical (unpaired) electrons. The second-order valence-electron chi connectivity index (χ2n) is 5.13. The lowest BCUT2D eigenvalue weighted by Gasteiger charge is -2.07. The van der Waals surface area contributed by atoms with E-state index in [0.717, 1.165) is 11.1 Å². The lowest BCUT2D eigenvalue weighted by atomic mass is 10.1. The topological polar surface area (TPSA) is 43.8 Å². The fraction of sp³-hybridized carbons (Fsp3) is 0.188. The van der Waals surface area contributed by atoms with Crippen molar-refractivity contribution in [1.82, 2.24) is 9.55 Å². The monoisotopic (exact) mass is 269 g/mol. The Kier molecular flexibility index (Phi) is 2.93. The molecule has 0 aliphatic carbocycles. The van der Waals surface area contributed by atoms with Crippen molar-refractivity contribution < 1.29 is 4.39 Å². The zero-order valence-corrected chi connectivity index (χ0v) is 11.5. The molecule has 2 aromatic carbocycles. The first-order valence-corrected chi connectivity index (χ1v) is 6.52. The van der Waals surface area contributed by atoms with Gasteiger partial charge in [-0.2, -0.15) is 0 Å². The van der Waals surface area contributed by atoms with Crippen LogP contribution in [0.25, 0.3) is 11.0 Å². The van der Waals surface area contributed by atoms with Gasteiger partial charge in [-0.15, -0.1) is 0 Å². The Bertz CT molecular complexity index is 773. The molecular formula is C16H16FN3. The maximum atomic E-state index is 13.6. The van der Waals surface area contributed by atoms with Crippen molar-refractivity contribution in [2.45, 2.75) is 20.4 Å². The van der Waals surface area contributed by atoms with Crippen LogP contribution in [0.15, 0.2) is 36.4 Å². The van der Waals surface area contributed by atoms with Crippen molar-refractivity contribution in [3.8, 4) is 0 Å². The van der Waals surface area contributed by atoms with Crippen molar-refractivity contribution >= 4 is 17.0 Å². The molecule has 3 rings (SSSR count). The van der Waals surface area contributed by atoms with Crippen LogP contribution < -0.4 is 5.73 Å². The molecule has 0 amide bonds. The lowest BCUT2D eigenvalue weighted by molar-refractivity contribution is 0.620. The number of hydrogen-bond acceptors (Lipinski definition) is 2. The first-order chi connectivity index (χ1) is 9.54. The second kappa shape index (κ2) is 4.63. The van der Waals surface area contributed by atoms with Crippen LogP contribution in [0.1, 0.15) is 16.7 Å². The van der Waals surface area contributed by atoms with Crippen molar-refractivity contribution in [3.05, 3.63) is 58.9 Å². The minimum Gasteiger partial charge on any atom is -0.369 e. The third kappa shape index (κ3) is 2.13. The minimum atomic E-state index is -0.252. The Labute approximate surface area is 116 Å². The fourth-order valence-corrected chi connectivity index (χ4v) is 2.31. The molecule has 0 atom stereocenters. The number of nitrogens with zero attached hydrogens (tertiary/aromatic N) is 2. The van der Waals surface area contributed by atoms with Gasteiger partial charge in [0.05, 0.1) is 17.6 Å². The minimum absolute atomic E-state index is 0.252. The van der Waals surface area contributed by atoms with Gasteiger partial charge in [0, 0.05) is 6.07 Å². The summed E-state index contributed by atoms with van der Waals surface area (Å²) in [6, 6.07) is 11.5. The number of anilines is 1. The zero-order valence-electron chi connectivity index (χ0n) is 11.5. The van der Waals surface area contributed by atoms with E-state index in [1.54, 1.807) is 13.0 Å². The first kappa shape index (κ1) is 12.7. The molecule has 1 heterocycles. The normalized spacial score (nSPS) is 11.2. The van der Waals surface area contributed by atoms with Gasteiger partial charge in [-0.3, -0.25) is 0 Å². The molecule has 3 aromatic rings. The Balaban J connectivity index is 2.08. The van der Waals surface area contributed by atoms with Crippen LogP contribution in [-0.4, -0.2) is 9.55 Å². The molecule has 3 nitrogen and oxygen atoms in total. The Morgan fingerprint density at radius 2 is 1.85 bits per heavy atom. The number of aryl methyl sites for hydroxylation is 2. The maximum absolute atomic E-state index is 13.6. The quantitative estimate of drug-likeness (QED) is 0.774. The summed E-state index contributed by atoms with van der Waals surface area (Å²) in [4.78, 5) is 4.23. The molecular weight excluding hydrogens is 253 g/mol. The number of halogens is 1. The zero-order chi connectivity index (χ0) is 14.3. The van der Waals surface area contributed by atoms with E-state index in [9.17, 15) is 4.39 Å². The summed E-state index contributed by atoms with van der Waals surface area (Å²) in [6.07, 6.45) is 0. The van der Waals surface area contributed by atoms with Crippen LogP contribution in [0, 0.1) is 19.7 Å². The highest BCUT2D eigenvalue weighted by atomic mass is 19.1. The van der Waals surface area contributed by atoms with E-state index in [1.165, 1.54) is 11.6 Å². The number of hydrogen-bond donors (Lipinski definition) is 1. The molecule has 0 aliphatic heterocycles. The number of nitrogen functional groups attached to an aromatic ring is 1. The number of nitrogens with two attached hydrogens (primary N) is 1. The van der Waals surface area contributed by atoms with Gasteiger partial charge >= 0.3 is 0 Å². The average Bonchev–Trinajstić information content (AvgIpc) is 2.69. The van der Waals surface area contributed by atoms with E-state index >= 15 is 0 Å². The molecule has 0 bridgehead atoms. The third-order valence-corrected chi connectivity index (χ3v) is 3.52. The molecule has 0 fully saturated rings. The predicted molar refractivity (Wildman–Crippen MR) is 79.1 cm³/mol. The van der Waals surface area contributed by atoms with Crippen LogP contribution in [0.2, 0.25) is 0 Å². The highest BCUT2D eigenvalue weighted by molar-refractivity contribution is 5.79. The second-order valence-corrected chi connectivity index (χ2v) is 5.13. The summed E-state index contributed by atoms with van der Waals surface area (Å²) in [5, 5.41) is 0. The third-order valence-electron chi connectivity index (χ3n) is 3.52. The van der Waals surface area contributed by atoms with Crippen LogP contribution in [0.5, 0.6) is 0 Å². The number of imidazole rings is 1. The Morgan fingerprint density at radius 1 is 1.15 bits per heavy atom. The molecule has 20 heavy (non-hydrogen) atoms. The van der Waals surface area contributed by atoms with Crippen molar-refractivity contribution in [1.29, 1.82) is 0 Å². The maximum Gasteiger partial charge on any atom is 0.201 e. The van der Waals surface area contributed by atoms with E-state index in [4.69, 9.17) is 5.73 Å². The Morgan fingerprint density at radius 3 is 2.55 bits per heavy atom. The predicted octanol–water partition coefficient (Wildman–Crippen LogP) is 3.42. The molecule has 0 aliphatic rings. The number of aromatic nitrogens is 2. The fourth-order valence-electron chi connectivity index (χ4n) is 2.31. The smallest absolute Gasteiger partial charge is 0.201 e. The van der Waals surface area contributed by atoms with Crippen LogP contribution in [-0.2, 0) is 6.54 Å². The lowest BCUT2D eigenvalue weighted by Crippen LogP contribution is -2.04. The highest BCUT2D eigenvalue weighted by Crippen LogP contribution is 2.22. The van der Waals surface area contributed by atoms with Gasteiger partial charge in [0.1, 0.15) is 5.82 Å². The number of rotatable bonds is 2. The van der Waals surface area contributed by atoms with E-state index in [1.807, 2.05) is 4.57 Å². The van der Waals surface area contributed by atoms with Crippen molar-refractivity contribution in [2.24, 2.45) is 0 Å². The largest absolute Gasteiger partial charge is 0.369 e. The number of benzene rings is 2. The van der Waals surface area contributed by atoms with Crippen LogP contribution >= 0.6 is 0 Å². The first-order valence-electron chi connectivity index (χ1n) is 6.52. The van der Waals surface area contributed by atoms with E-state index in [2.05, 4.69) is 36.2 Å². The molecule has 0 unspecified atom stereocenters. The van der Waals surface area contributed by atoms with E-state index < -0.39 is 0 Å². The van der Waals surface area contributed by atoms with E-state index in [0.29, 0.717) is 23.6 Å². The molecule has 2 N–H and O–H groups in total. The van der Waals surface area contributed by atoms with E-state index in [-0.39, 0.29) is 5.82 Å². The SMILES string of the molecule is Cc1ccc(Cn2c(N)nc3cc(F)c(C)cc32)cc1. The summed E-state index contributed by atoms with van der Waals surface area (Å²) in [5.74, 6) is 0.156. The Hall–Kier alpha value is -2.36. The van der Waals surface area contributed by atoms with Crippen LogP contribution in [0.3, 0.4) is 0 Å².